The van der Waals surface area contributed by atoms with E-state index in [4.69, 9.17) is 9.47 Å². The zero-order chi connectivity index (χ0) is 41.9. The van der Waals surface area contributed by atoms with Crippen molar-refractivity contribution in [1.82, 2.24) is 19.9 Å². The van der Waals surface area contributed by atoms with Crippen molar-refractivity contribution in [2.75, 3.05) is 20.1 Å². The summed E-state index contributed by atoms with van der Waals surface area (Å²) in [5.74, 6) is -0.425. The lowest BCUT2D eigenvalue weighted by Gasteiger charge is -2.38. The lowest BCUT2D eigenvalue weighted by Crippen LogP contribution is -2.47. The van der Waals surface area contributed by atoms with Crippen LogP contribution in [-0.4, -0.2) is 61.6 Å². The Morgan fingerprint density at radius 1 is 0.800 bits per heavy atom. The zero-order valence-electron chi connectivity index (χ0n) is 34.0. The van der Waals surface area contributed by atoms with Crippen LogP contribution in [0, 0.1) is 6.92 Å². The number of benzene rings is 5. The van der Waals surface area contributed by atoms with Gasteiger partial charge in [0.05, 0.1) is 23.7 Å². The second-order valence-electron chi connectivity index (χ2n) is 15.4. The molecule has 3 N–H and O–H groups in total. The van der Waals surface area contributed by atoms with Crippen molar-refractivity contribution in [3.8, 4) is 11.1 Å². The van der Waals surface area contributed by atoms with Crippen molar-refractivity contribution >= 4 is 15.9 Å². The van der Waals surface area contributed by atoms with Crippen molar-refractivity contribution in [3.05, 3.63) is 191 Å². The number of nitrogens with one attached hydrogen (secondary N) is 2. The Morgan fingerprint density at radius 2 is 1.52 bits per heavy atom. The quantitative estimate of drug-likeness (QED) is 0.0864. The third-order valence-corrected chi connectivity index (χ3v) is 12.2. The first-order valence-electron chi connectivity index (χ1n) is 20.3. The summed E-state index contributed by atoms with van der Waals surface area (Å²) in [6.07, 6.45) is 2.58. The number of pyridine rings is 1. The summed E-state index contributed by atoms with van der Waals surface area (Å²) in [4.78, 5) is 20.6. The van der Waals surface area contributed by atoms with E-state index in [0.29, 0.717) is 13.0 Å². The van der Waals surface area contributed by atoms with Crippen molar-refractivity contribution in [1.29, 1.82) is 0 Å². The Balaban J connectivity index is 1.05. The van der Waals surface area contributed by atoms with Crippen LogP contribution in [0.15, 0.2) is 157 Å². The van der Waals surface area contributed by atoms with E-state index in [1.807, 2.05) is 128 Å². The molecule has 2 heterocycles. The van der Waals surface area contributed by atoms with Gasteiger partial charge in [0.15, 0.2) is 6.29 Å². The van der Waals surface area contributed by atoms with Crippen LogP contribution in [0.4, 0.5) is 0 Å². The normalized spacial score (nSPS) is 17.3. The van der Waals surface area contributed by atoms with E-state index in [0.717, 1.165) is 63.2 Å². The average Bonchev–Trinajstić information content (AvgIpc) is 3.28. The van der Waals surface area contributed by atoms with Gasteiger partial charge >= 0.3 is 0 Å². The number of aryl methyl sites for hydroxylation is 1. The highest BCUT2D eigenvalue weighted by atomic mass is 32.2. The molecule has 1 aromatic heterocycles. The summed E-state index contributed by atoms with van der Waals surface area (Å²) in [7, 11) is -1.87. The minimum atomic E-state index is -3.97. The number of aromatic nitrogens is 1. The van der Waals surface area contributed by atoms with Crippen molar-refractivity contribution < 1.29 is 27.8 Å². The predicted octanol–water partition coefficient (Wildman–Crippen LogP) is 7.48. The maximum absolute atomic E-state index is 13.7. The third-order valence-electron chi connectivity index (χ3n) is 10.7. The van der Waals surface area contributed by atoms with Gasteiger partial charge < -0.3 is 24.8 Å². The monoisotopic (exact) mass is 824 g/mol. The lowest BCUT2D eigenvalue weighted by atomic mass is 9.98. The molecule has 6 aromatic rings. The minimum absolute atomic E-state index is 0.0214. The molecule has 5 aromatic carbocycles. The number of carbonyl (C=O) groups excluding carboxylic acids is 1. The van der Waals surface area contributed by atoms with Crippen LogP contribution in [0.3, 0.4) is 0 Å². The number of rotatable bonds is 17. The summed E-state index contributed by atoms with van der Waals surface area (Å²) in [6, 6.07) is 44.8. The zero-order valence-corrected chi connectivity index (χ0v) is 34.8. The molecule has 60 heavy (non-hydrogen) atoms. The van der Waals surface area contributed by atoms with Gasteiger partial charge in [-0.1, -0.05) is 115 Å². The summed E-state index contributed by atoms with van der Waals surface area (Å²) in [5.41, 5.74) is 8.34. The summed E-state index contributed by atoms with van der Waals surface area (Å²) in [6.45, 7) is 3.61. The summed E-state index contributed by atoms with van der Waals surface area (Å²) < 4.78 is 42.8. The van der Waals surface area contributed by atoms with Crippen LogP contribution in [-0.2, 0) is 50.3 Å². The maximum Gasteiger partial charge on any atom is 0.241 e. The van der Waals surface area contributed by atoms with Crippen LogP contribution < -0.4 is 10.0 Å². The number of hydrogen-bond donors (Lipinski definition) is 3. The fourth-order valence-electron chi connectivity index (χ4n) is 7.37. The van der Waals surface area contributed by atoms with E-state index >= 15 is 0 Å². The minimum Gasteiger partial charge on any atom is -0.392 e. The second-order valence-corrected chi connectivity index (χ2v) is 17.1. The molecule has 7 rings (SSSR count). The van der Waals surface area contributed by atoms with Gasteiger partial charge in [0, 0.05) is 49.9 Å². The first kappa shape index (κ1) is 42.6. The van der Waals surface area contributed by atoms with Gasteiger partial charge in [0.2, 0.25) is 15.9 Å². The molecule has 1 aliphatic heterocycles. The Kier molecular flexibility index (Phi) is 14.3. The molecular weight excluding hydrogens is 773 g/mol. The van der Waals surface area contributed by atoms with Gasteiger partial charge in [-0.05, 0) is 90.2 Å². The Hall–Kier alpha value is -5.53. The summed E-state index contributed by atoms with van der Waals surface area (Å²) in [5, 5.41) is 12.6. The Labute approximate surface area is 353 Å². The molecule has 1 amide bonds. The fourth-order valence-corrected chi connectivity index (χ4v) is 8.57. The molecule has 310 valence electrons. The third kappa shape index (κ3) is 11.6. The van der Waals surface area contributed by atoms with Crippen LogP contribution >= 0.6 is 0 Å². The highest BCUT2D eigenvalue weighted by molar-refractivity contribution is 7.89. The van der Waals surface area contributed by atoms with Gasteiger partial charge in [-0.3, -0.25) is 9.78 Å². The Morgan fingerprint density at radius 3 is 2.25 bits per heavy atom. The first-order valence-corrected chi connectivity index (χ1v) is 21.8. The number of aliphatic hydroxyl groups excluding tert-OH is 1. The molecule has 1 aliphatic rings. The van der Waals surface area contributed by atoms with E-state index < -0.39 is 28.3 Å². The highest BCUT2D eigenvalue weighted by Crippen LogP contribution is 2.39. The predicted molar refractivity (Wildman–Crippen MR) is 233 cm³/mol. The number of nitrogens with zero attached hydrogens (tertiary/aromatic N) is 2. The van der Waals surface area contributed by atoms with E-state index in [9.17, 15) is 18.3 Å². The van der Waals surface area contributed by atoms with Crippen LogP contribution in [0.1, 0.15) is 57.9 Å². The number of ether oxygens (including phenoxy) is 2. The molecule has 4 atom stereocenters. The molecule has 0 aliphatic carbocycles. The van der Waals surface area contributed by atoms with Crippen LogP contribution in [0.25, 0.3) is 11.1 Å². The number of aliphatic hydroxyl groups is 1. The van der Waals surface area contributed by atoms with Crippen molar-refractivity contribution in [2.45, 2.75) is 68.8 Å². The number of sulfonamides is 1. The largest absolute Gasteiger partial charge is 0.392 e. The molecule has 0 radical (unpaired) electrons. The lowest BCUT2D eigenvalue weighted by molar-refractivity contribution is -0.252. The number of carbonyl (C=O) groups is 1. The van der Waals surface area contributed by atoms with Gasteiger partial charge in [0.25, 0.3) is 0 Å². The molecule has 1 saturated heterocycles. The molecule has 0 spiro atoms. The van der Waals surface area contributed by atoms with Crippen LogP contribution in [0.5, 0.6) is 0 Å². The standard InChI is InChI=1S/C49H52N4O6S/c1-35-17-23-45(24-18-35)60(56,57)52-46(29-36-10-4-3-5-11-36)48(55)51-32-38-12-8-13-40(28-38)41-14-9-15-42(30-41)49-58-44(33-53(2)27-25-43-16-6-7-26-50-43)31-47(59-49)39-21-19-37(34-54)20-22-39/h3-24,26,28,30,44,46-47,49,52,54H,25,27,29,31-34H2,1-2H3,(H,51,55)/t44-,46+,47+,49+/m0/s1. The Bertz CT molecular complexity index is 2420. The number of likely N-dealkylation sites (N-methyl/N-ethyl adjacent to an activating group) is 1. The fraction of sp³-hybridized carbons (Fsp3) is 0.265. The number of amides is 1. The SMILES string of the molecule is Cc1ccc(S(=O)(=O)N[C@H](Cc2ccccc2)C(=O)NCc2cccc(-c3cccc([C@@H]4O[C@H](CN(C)CCc5ccccn5)C[C@H](c5ccc(CO)cc5)O4)c3)c2)cc1. The summed E-state index contributed by atoms with van der Waals surface area (Å²) >= 11 is 0. The van der Waals surface area contributed by atoms with E-state index in [1.165, 1.54) is 0 Å². The van der Waals surface area contributed by atoms with Gasteiger partial charge in [-0.2, -0.15) is 4.72 Å². The highest BCUT2D eigenvalue weighted by Gasteiger charge is 2.33. The van der Waals surface area contributed by atoms with Gasteiger partial charge in [-0.15, -0.1) is 0 Å². The maximum atomic E-state index is 13.7. The second kappa shape index (κ2) is 20.2. The molecule has 0 saturated carbocycles. The van der Waals surface area contributed by atoms with Crippen molar-refractivity contribution in [2.24, 2.45) is 0 Å². The van der Waals surface area contributed by atoms with Gasteiger partial charge in [0.1, 0.15) is 6.04 Å². The van der Waals surface area contributed by atoms with E-state index in [-0.39, 0.29) is 36.7 Å². The molecule has 10 nitrogen and oxygen atoms in total. The molecule has 0 bridgehead atoms. The topological polar surface area (TPSA) is 130 Å². The van der Waals surface area contributed by atoms with Crippen molar-refractivity contribution in [3.63, 3.8) is 0 Å². The van der Waals surface area contributed by atoms with Gasteiger partial charge in [-0.25, -0.2) is 8.42 Å². The molecular formula is C49H52N4O6S. The first-order chi connectivity index (χ1) is 29.1. The van der Waals surface area contributed by atoms with Crippen LogP contribution in [0.2, 0.25) is 0 Å². The van der Waals surface area contributed by atoms with E-state index in [2.05, 4.69) is 33.0 Å². The molecule has 1 fully saturated rings. The smallest absolute Gasteiger partial charge is 0.241 e. The van der Waals surface area contributed by atoms with E-state index in [1.54, 1.807) is 24.3 Å². The number of hydrogen-bond acceptors (Lipinski definition) is 8. The average molecular weight is 825 g/mol. The molecule has 0 unspecified atom stereocenters. The molecule has 11 heteroatoms.